The van der Waals surface area contributed by atoms with E-state index in [1.165, 1.54) is 0 Å². The van der Waals surface area contributed by atoms with Crippen LogP contribution >= 0.6 is 11.3 Å². The van der Waals surface area contributed by atoms with Crippen molar-refractivity contribution in [2.45, 2.75) is 46.5 Å². The topological polar surface area (TPSA) is 42.0 Å². The third kappa shape index (κ3) is 5.31. The Hall–Kier alpha value is -0.900. The summed E-state index contributed by atoms with van der Waals surface area (Å²) in [4.78, 5) is 16.0. The molecule has 0 radical (unpaired) electrons. The Morgan fingerprint density at radius 2 is 2.12 bits per heavy atom. The number of carbonyl (C=O) groups is 1. The van der Waals surface area contributed by atoms with E-state index in [4.69, 9.17) is 0 Å². The SMILES string of the molecule is CC(C)CC(=O)NCCc1nc(C(C)C)cs1. The van der Waals surface area contributed by atoms with Crippen molar-refractivity contribution in [3.05, 3.63) is 16.1 Å². The van der Waals surface area contributed by atoms with Crippen LogP contribution in [0.4, 0.5) is 0 Å². The molecule has 0 aliphatic carbocycles. The second-order valence-corrected chi connectivity index (χ2v) is 5.96. The first-order valence-corrected chi connectivity index (χ1v) is 7.08. The Balaban J connectivity index is 2.28. The molecule has 1 aromatic heterocycles. The zero-order valence-corrected chi connectivity index (χ0v) is 11.9. The number of nitrogens with zero attached hydrogens (tertiary/aromatic N) is 1. The highest BCUT2D eigenvalue weighted by Gasteiger charge is 2.07. The maximum atomic E-state index is 11.4. The molecule has 0 saturated carbocycles. The molecule has 0 unspecified atom stereocenters. The van der Waals surface area contributed by atoms with Gasteiger partial charge in [-0.05, 0) is 11.8 Å². The quantitative estimate of drug-likeness (QED) is 0.848. The molecule has 0 aromatic carbocycles. The molecule has 0 bridgehead atoms. The molecule has 0 aliphatic heterocycles. The van der Waals surface area contributed by atoms with Crippen LogP contribution in [0, 0.1) is 5.92 Å². The van der Waals surface area contributed by atoms with Gasteiger partial charge < -0.3 is 5.32 Å². The van der Waals surface area contributed by atoms with Crippen molar-refractivity contribution in [2.24, 2.45) is 5.92 Å². The lowest BCUT2D eigenvalue weighted by molar-refractivity contribution is -0.121. The number of thiazole rings is 1. The fourth-order valence-corrected chi connectivity index (χ4v) is 2.42. The number of aromatic nitrogens is 1. The molecule has 17 heavy (non-hydrogen) atoms. The fraction of sp³-hybridized carbons (Fsp3) is 0.692. The third-order valence-corrected chi connectivity index (χ3v) is 3.34. The second-order valence-electron chi connectivity index (χ2n) is 5.02. The van der Waals surface area contributed by atoms with Crippen LogP contribution in [0.25, 0.3) is 0 Å². The van der Waals surface area contributed by atoms with E-state index in [1.54, 1.807) is 11.3 Å². The lowest BCUT2D eigenvalue weighted by Crippen LogP contribution is -2.26. The largest absolute Gasteiger partial charge is 0.356 e. The van der Waals surface area contributed by atoms with Crippen molar-refractivity contribution in [3.63, 3.8) is 0 Å². The van der Waals surface area contributed by atoms with Gasteiger partial charge in [-0.2, -0.15) is 0 Å². The van der Waals surface area contributed by atoms with Gasteiger partial charge in [0.25, 0.3) is 0 Å². The Morgan fingerprint density at radius 1 is 1.41 bits per heavy atom. The number of hydrogen-bond donors (Lipinski definition) is 1. The van der Waals surface area contributed by atoms with Crippen molar-refractivity contribution < 1.29 is 4.79 Å². The monoisotopic (exact) mass is 254 g/mol. The summed E-state index contributed by atoms with van der Waals surface area (Å²) >= 11 is 1.68. The van der Waals surface area contributed by atoms with E-state index in [-0.39, 0.29) is 5.91 Å². The van der Waals surface area contributed by atoms with E-state index in [2.05, 4.69) is 43.4 Å². The Morgan fingerprint density at radius 3 is 2.65 bits per heavy atom. The average Bonchev–Trinajstić information content (AvgIpc) is 2.65. The van der Waals surface area contributed by atoms with Gasteiger partial charge in [0.2, 0.25) is 5.91 Å². The van der Waals surface area contributed by atoms with Gasteiger partial charge in [-0.3, -0.25) is 4.79 Å². The maximum Gasteiger partial charge on any atom is 0.220 e. The van der Waals surface area contributed by atoms with Crippen molar-refractivity contribution in [2.75, 3.05) is 6.54 Å². The first kappa shape index (κ1) is 14.2. The zero-order chi connectivity index (χ0) is 12.8. The first-order valence-electron chi connectivity index (χ1n) is 6.20. The molecule has 3 nitrogen and oxygen atoms in total. The van der Waals surface area contributed by atoms with Gasteiger partial charge in [-0.25, -0.2) is 4.98 Å². The van der Waals surface area contributed by atoms with Crippen LogP contribution in [0.15, 0.2) is 5.38 Å². The average molecular weight is 254 g/mol. The van der Waals surface area contributed by atoms with Crippen LogP contribution < -0.4 is 5.32 Å². The molecule has 1 N–H and O–H groups in total. The highest BCUT2D eigenvalue weighted by Crippen LogP contribution is 2.17. The molecule has 96 valence electrons. The molecule has 1 aromatic rings. The minimum Gasteiger partial charge on any atom is -0.356 e. The lowest BCUT2D eigenvalue weighted by atomic mass is 10.1. The Labute approximate surface area is 108 Å². The maximum absolute atomic E-state index is 11.4. The fourth-order valence-electron chi connectivity index (χ4n) is 1.46. The molecule has 1 heterocycles. The molecule has 1 amide bonds. The van der Waals surface area contributed by atoms with Crippen LogP contribution in [0.5, 0.6) is 0 Å². The molecular weight excluding hydrogens is 232 g/mol. The molecular formula is C13H22N2OS. The minimum absolute atomic E-state index is 0.139. The molecule has 0 saturated heterocycles. The van der Waals surface area contributed by atoms with Gasteiger partial charge >= 0.3 is 0 Å². The summed E-state index contributed by atoms with van der Waals surface area (Å²) in [6.07, 6.45) is 1.44. The molecule has 1 rings (SSSR count). The van der Waals surface area contributed by atoms with E-state index in [1.807, 2.05) is 0 Å². The summed E-state index contributed by atoms with van der Waals surface area (Å²) in [5, 5.41) is 6.15. The van der Waals surface area contributed by atoms with Crippen LogP contribution in [0.2, 0.25) is 0 Å². The van der Waals surface area contributed by atoms with Crippen molar-refractivity contribution in [1.29, 1.82) is 0 Å². The first-order chi connectivity index (χ1) is 7.99. The summed E-state index contributed by atoms with van der Waals surface area (Å²) in [6, 6.07) is 0. The summed E-state index contributed by atoms with van der Waals surface area (Å²) in [7, 11) is 0. The molecule has 0 atom stereocenters. The predicted octanol–water partition coefficient (Wildman–Crippen LogP) is 2.97. The van der Waals surface area contributed by atoms with E-state index >= 15 is 0 Å². The lowest BCUT2D eigenvalue weighted by Gasteiger charge is -2.05. The molecule has 0 spiro atoms. The van der Waals surface area contributed by atoms with Crippen LogP contribution in [-0.2, 0) is 11.2 Å². The van der Waals surface area contributed by atoms with Crippen LogP contribution in [-0.4, -0.2) is 17.4 Å². The van der Waals surface area contributed by atoms with Crippen molar-refractivity contribution in [3.8, 4) is 0 Å². The number of nitrogens with one attached hydrogen (secondary N) is 1. The van der Waals surface area contributed by atoms with Crippen LogP contribution in [0.3, 0.4) is 0 Å². The minimum atomic E-state index is 0.139. The van der Waals surface area contributed by atoms with Crippen molar-refractivity contribution in [1.82, 2.24) is 10.3 Å². The molecule has 4 heteroatoms. The summed E-state index contributed by atoms with van der Waals surface area (Å²) in [5.41, 5.74) is 1.15. The molecule has 0 aliphatic rings. The van der Waals surface area contributed by atoms with E-state index in [0.29, 0.717) is 24.8 Å². The number of amides is 1. The zero-order valence-electron chi connectivity index (χ0n) is 11.1. The number of carbonyl (C=O) groups excluding carboxylic acids is 1. The van der Waals surface area contributed by atoms with Gasteiger partial charge in [-0.1, -0.05) is 27.7 Å². The van der Waals surface area contributed by atoms with Gasteiger partial charge in [0, 0.05) is 24.8 Å². The predicted molar refractivity (Wildman–Crippen MR) is 72.4 cm³/mol. The summed E-state index contributed by atoms with van der Waals surface area (Å²) < 4.78 is 0. The standard InChI is InChI=1S/C13H22N2OS/c1-9(2)7-12(16)14-6-5-13-15-11(8-17-13)10(3)4/h8-10H,5-7H2,1-4H3,(H,14,16). The summed E-state index contributed by atoms with van der Waals surface area (Å²) in [5.74, 6) is 1.04. The van der Waals surface area contributed by atoms with Gasteiger partial charge in [0.05, 0.1) is 10.7 Å². The Bertz CT molecular complexity index is 358. The normalized spacial score (nSPS) is 11.2. The van der Waals surface area contributed by atoms with Gasteiger partial charge in [-0.15, -0.1) is 11.3 Å². The smallest absolute Gasteiger partial charge is 0.220 e. The van der Waals surface area contributed by atoms with E-state index in [9.17, 15) is 4.79 Å². The van der Waals surface area contributed by atoms with Gasteiger partial charge in [0.1, 0.15) is 0 Å². The van der Waals surface area contributed by atoms with E-state index < -0.39 is 0 Å². The van der Waals surface area contributed by atoms with Crippen LogP contribution in [0.1, 0.15) is 50.7 Å². The highest BCUT2D eigenvalue weighted by atomic mass is 32.1. The summed E-state index contributed by atoms with van der Waals surface area (Å²) in [6.45, 7) is 9.08. The number of rotatable bonds is 6. The Kier molecular flexibility index (Phi) is 5.62. The second kappa shape index (κ2) is 6.74. The van der Waals surface area contributed by atoms with Crippen molar-refractivity contribution >= 4 is 17.2 Å². The highest BCUT2D eigenvalue weighted by molar-refractivity contribution is 7.09. The van der Waals surface area contributed by atoms with E-state index in [0.717, 1.165) is 17.1 Å². The van der Waals surface area contributed by atoms with Gasteiger partial charge in [0.15, 0.2) is 0 Å². The number of hydrogen-bond acceptors (Lipinski definition) is 3. The third-order valence-electron chi connectivity index (χ3n) is 2.42. The molecule has 0 fully saturated rings.